The Morgan fingerprint density at radius 2 is 2.13 bits per heavy atom. The molecule has 1 aliphatic heterocycles. The molecule has 0 amide bonds. The van der Waals surface area contributed by atoms with Gasteiger partial charge >= 0.3 is 0 Å². The van der Waals surface area contributed by atoms with E-state index < -0.39 is 0 Å². The third-order valence-corrected chi connectivity index (χ3v) is 4.93. The molecule has 116 valence electrons. The zero-order chi connectivity index (χ0) is 15.6. The second kappa shape index (κ2) is 6.06. The van der Waals surface area contributed by atoms with Crippen molar-refractivity contribution in [3.63, 3.8) is 0 Å². The summed E-state index contributed by atoms with van der Waals surface area (Å²) >= 11 is 1.71. The number of nitrogens with zero attached hydrogens (tertiary/aromatic N) is 4. The van der Waals surface area contributed by atoms with Crippen LogP contribution in [0, 0.1) is 0 Å². The Bertz CT molecular complexity index is 798. The van der Waals surface area contributed by atoms with Crippen LogP contribution in [0.2, 0.25) is 0 Å². The Hall–Kier alpha value is -2.31. The molecule has 2 N–H and O–H groups in total. The van der Waals surface area contributed by atoms with Gasteiger partial charge in [0, 0.05) is 44.0 Å². The average Bonchev–Trinajstić information content (AvgIpc) is 3.10. The monoisotopic (exact) mass is 323 g/mol. The molecule has 0 unspecified atom stereocenters. The number of anilines is 1. The van der Waals surface area contributed by atoms with Gasteiger partial charge in [0.15, 0.2) is 0 Å². The minimum atomic E-state index is 0.366. The van der Waals surface area contributed by atoms with Crippen LogP contribution in [0.4, 0.5) is 5.95 Å². The first kappa shape index (κ1) is 14.3. The minimum absolute atomic E-state index is 0.366. The normalized spacial score (nSPS) is 14.6. The Balaban J connectivity index is 1.45. The molecule has 0 fully saturated rings. The first-order chi connectivity index (χ1) is 11.3. The maximum Gasteiger partial charge on any atom is 0.220 e. The number of nitrogen functional groups attached to an aromatic ring is 1. The molecule has 23 heavy (non-hydrogen) atoms. The standard InChI is InChI=1S/C17H17N5S/c18-17-20-9-13-11-22(6-5-14(13)21-17)10-12-3-4-15(19-8-12)16-2-1-7-23-16/h1-4,7-9H,5-6,10-11H2,(H2,18,20,21). The summed E-state index contributed by atoms with van der Waals surface area (Å²) in [6, 6.07) is 8.41. The number of fused-ring (bicyclic) bond motifs is 1. The van der Waals surface area contributed by atoms with Crippen LogP contribution in [0.3, 0.4) is 0 Å². The number of hydrogen-bond acceptors (Lipinski definition) is 6. The SMILES string of the molecule is Nc1ncc2c(n1)CCN(Cc1ccc(-c3cccs3)nc1)C2. The van der Waals surface area contributed by atoms with E-state index in [9.17, 15) is 0 Å². The van der Waals surface area contributed by atoms with Crippen molar-refractivity contribution in [1.82, 2.24) is 19.9 Å². The summed E-state index contributed by atoms with van der Waals surface area (Å²) in [5, 5.41) is 2.07. The largest absolute Gasteiger partial charge is 0.368 e. The predicted molar refractivity (Wildman–Crippen MR) is 91.8 cm³/mol. The fourth-order valence-corrected chi connectivity index (χ4v) is 3.57. The molecule has 0 aliphatic carbocycles. The van der Waals surface area contributed by atoms with Crippen LogP contribution < -0.4 is 5.73 Å². The lowest BCUT2D eigenvalue weighted by atomic mass is 10.1. The van der Waals surface area contributed by atoms with Gasteiger partial charge in [-0.05, 0) is 23.1 Å². The molecular formula is C17H17N5S. The van der Waals surface area contributed by atoms with Crippen molar-refractivity contribution < 1.29 is 0 Å². The summed E-state index contributed by atoms with van der Waals surface area (Å²) in [6.07, 6.45) is 4.74. The number of thiophene rings is 1. The second-order valence-corrected chi connectivity index (χ2v) is 6.64. The lowest BCUT2D eigenvalue weighted by molar-refractivity contribution is 0.243. The van der Waals surface area contributed by atoms with Crippen molar-refractivity contribution in [2.24, 2.45) is 0 Å². The number of nitrogens with two attached hydrogens (primary N) is 1. The molecule has 3 aromatic rings. The minimum Gasteiger partial charge on any atom is -0.368 e. The quantitative estimate of drug-likeness (QED) is 0.803. The van der Waals surface area contributed by atoms with Gasteiger partial charge in [0.1, 0.15) is 0 Å². The summed E-state index contributed by atoms with van der Waals surface area (Å²) in [6.45, 7) is 2.74. The highest BCUT2D eigenvalue weighted by Crippen LogP contribution is 2.23. The average molecular weight is 323 g/mol. The Morgan fingerprint density at radius 1 is 1.17 bits per heavy atom. The molecule has 0 saturated heterocycles. The third-order valence-electron chi connectivity index (χ3n) is 4.04. The zero-order valence-corrected chi connectivity index (χ0v) is 13.5. The van der Waals surface area contributed by atoms with Crippen LogP contribution in [-0.4, -0.2) is 26.4 Å². The molecule has 6 heteroatoms. The number of rotatable bonds is 3. The van der Waals surface area contributed by atoms with Crippen LogP contribution in [0.15, 0.2) is 42.0 Å². The maximum atomic E-state index is 5.65. The highest BCUT2D eigenvalue weighted by Gasteiger charge is 2.18. The molecule has 4 heterocycles. The van der Waals surface area contributed by atoms with Gasteiger partial charge in [-0.1, -0.05) is 12.1 Å². The van der Waals surface area contributed by atoms with Gasteiger partial charge in [-0.25, -0.2) is 9.97 Å². The maximum absolute atomic E-state index is 5.65. The highest BCUT2D eigenvalue weighted by atomic mass is 32.1. The molecule has 0 spiro atoms. The summed E-state index contributed by atoms with van der Waals surface area (Å²) < 4.78 is 0. The first-order valence-corrected chi connectivity index (χ1v) is 8.47. The van der Waals surface area contributed by atoms with Crippen molar-refractivity contribution in [3.05, 3.63) is 58.9 Å². The fourth-order valence-electron chi connectivity index (χ4n) is 2.87. The van der Waals surface area contributed by atoms with Gasteiger partial charge in [0.05, 0.1) is 16.3 Å². The molecule has 3 aromatic heterocycles. The van der Waals surface area contributed by atoms with Crippen molar-refractivity contribution in [3.8, 4) is 10.6 Å². The Morgan fingerprint density at radius 3 is 2.91 bits per heavy atom. The summed E-state index contributed by atoms with van der Waals surface area (Å²) in [5.41, 5.74) is 10.2. The van der Waals surface area contributed by atoms with E-state index in [1.165, 1.54) is 16.0 Å². The molecule has 1 aliphatic rings. The van der Waals surface area contributed by atoms with Gasteiger partial charge in [-0.2, -0.15) is 0 Å². The van der Waals surface area contributed by atoms with Crippen molar-refractivity contribution >= 4 is 17.3 Å². The lowest BCUT2D eigenvalue weighted by Crippen LogP contribution is -2.31. The van der Waals surface area contributed by atoms with Crippen LogP contribution in [-0.2, 0) is 19.5 Å². The zero-order valence-electron chi connectivity index (χ0n) is 12.6. The van der Waals surface area contributed by atoms with Crippen LogP contribution in [0.1, 0.15) is 16.8 Å². The molecule has 0 bridgehead atoms. The van der Waals surface area contributed by atoms with Crippen molar-refractivity contribution in [1.29, 1.82) is 0 Å². The Kier molecular flexibility index (Phi) is 3.77. The van der Waals surface area contributed by atoms with E-state index in [0.29, 0.717) is 5.95 Å². The van der Waals surface area contributed by atoms with Crippen LogP contribution >= 0.6 is 11.3 Å². The van der Waals surface area contributed by atoms with Crippen molar-refractivity contribution in [2.75, 3.05) is 12.3 Å². The number of pyridine rings is 1. The summed E-state index contributed by atoms with van der Waals surface area (Å²) in [7, 11) is 0. The number of hydrogen-bond donors (Lipinski definition) is 1. The highest BCUT2D eigenvalue weighted by molar-refractivity contribution is 7.13. The fraction of sp³-hybridized carbons (Fsp3) is 0.235. The van der Waals surface area contributed by atoms with E-state index in [-0.39, 0.29) is 0 Å². The molecule has 0 radical (unpaired) electrons. The van der Waals surface area contributed by atoms with E-state index in [2.05, 4.69) is 49.5 Å². The van der Waals surface area contributed by atoms with E-state index in [4.69, 9.17) is 5.73 Å². The molecule has 5 nitrogen and oxygen atoms in total. The topological polar surface area (TPSA) is 67.9 Å². The van der Waals surface area contributed by atoms with E-state index in [1.54, 1.807) is 11.3 Å². The van der Waals surface area contributed by atoms with Gasteiger partial charge in [-0.3, -0.25) is 9.88 Å². The molecule has 0 saturated carbocycles. The van der Waals surface area contributed by atoms with Gasteiger partial charge < -0.3 is 5.73 Å². The van der Waals surface area contributed by atoms with Crippen molar-refractivity contribution in [2.45, 2.75) is 19.5 Å². The summed E-state index contributed by atoms with van der Waals surface area (Å²) in [5.74, 6) is 0.366. The Labute approximate surface area is 138 Å². The van der Waals surface area contributed by atoms with E-state index >= 15 is 0 Å². The van der Waals surface area contributed by atoms with Gasteiger partial charge in [0.25, 0.3) is 0 Å². The van der Waals surface area contributed by atoms with Crippen LogP contribution in [0.25, 0.3) is 10.6 Å². The third kappa shape index (κ3) is 3.09. The molecular weight excluding hydrogens is 306 g/mol. The van der Waals surface area contributed by atoms with E-state index in [0.717, 1.165) is 37.4 Å². The van der Waals surface area contributed by atoms with E-state index in [1.807, 2.05) is 12.4 Å². The molecule has 4 rings (SSSR count). The van der Waals surface area contributed by atoms with Gasteiger partial charge in [0.2, 0.25) is 5.95 Å². The molecule has 0 atom stereocenters. The first-order valence-electron chi connectivity index (χ1n) is 7.59. The second-order valence-electron chi connectivity index (χ2n) is 5.69. The smallest absolute Gasteiger partial charge is 0.220 e. The number of aromatic nitrogens is 3. The summed E-state index contributed by atoms with van der Waals surface area (Å²) in [4.78, 5) is 16.6. The van der Waals surface area contributed by atoms with Gasteiger partial charge in [-0.15, -0.1) is 11.3 Å². The molecule has 0 aromatic carbocycles. The van der Waals surface area contributed by atoms with Crippen LogP contribution in [0.5, 0.6) is 0 Å². The predicted octanol–water partition coefficient (Wildman–Crippen LogP) is 2.74. The lowest BCUT2D eigenvalue weighted by Gasteiger charge is -2.27.